The maximum absolute atomic E-state index is 13.0. The summed E-state index contributed by atoms with van der Waals surface area (Å²) in [7, 11) is 0. The van der Waals surface area contributed by atoms with Gasteiger partial charge in [-0.05, 0) is 55.0 Å². The van der Waals surface area contributed by atoms with Crippen LogP contribution in [0.5, 0.6) is 5.75 Å². The molecule has 150 valence electrons. The highest BCUT2D eigenvalue weighted by Gasteiger charge is 2.14. The van der Waals surface area contributed by atoms with Gasteiger partial charge in [-0.25, -0.2) is 0 Å². The van der Waals surface area contributed by atoms with E-state index in [1.807, 2.05) is 42.5 Å². The zero-order valence-corrected chi connectivity index (χ0v) is 17.6. The molecule has 1 aromatic heterocycles. The Kier molecular flexibility index (Phi) is 5.54. The van der Waals surface area contributed by atoms with Crippen molar-refractivity contribution in [2.24, 2.45) is 5.10 Å². The van der Waals surface area contributed by atoms with Gasteiger partial charge in [0, 0.05) is 21.6 Å². The van der Waals surface area contributed by atoms with Gasteiger partial charge in [-0.3, -0.25) is 10.2 Å². The quantitative estimate of drug-likeness (QED) is 0.354. The number of para-hydroxylation sites is 1. The maximum atomic E-state index is 13.0. The lowest BCUT2D eigenvalue weighted by molar-refractivity contribution is 0.102. The van der Waals surface area contributed by atoms with Gasteiger partial charge in [0.15, 0.2) is 0 Å². The fraction of sp³-hybridized carbons (Fsp3) is 0.0435. The van der Waals surface area contributed by atoms with Gasteiger partial charge in [-0.15, -0.1) is 5.10 Å². The summed E-state index contributed by atoms with van der Waals surface area (Å²) < 4.78 is 6.78. The van der Waals surface area contributed by atoms with Crippen molar-refractivity contribution >= 4 is 44.2 Å². The fourth-order valence-corrected chi connectivity index (χ4v) is 3.24. The number of fused-ring (bicyclic) bond motifs is 1. The fourth-order valence-electron chi connectivity index (χ4n) is 2.86. The van der Waals surface area contributed by atoms with E-state index in [2.05, 4.69) is 31.8 Å². The minimum Gasteiger partial charge on any atom is -0.508 e. The van der Waals surface area contributed by atoms with Gasteiger partial charge >= 0.3 is 0 Å². The van der Waals surface area contributed by atoms with Crippen LogP contribution in [0.4, 0.5) is 11.4 Å². The van der Waals surface area contributed by atoms with Gasteiger partial charge in [0.2, 0.25) is 5.55 Å². The van der Waals surface area contributed by atoms with E-state index in [0.717, 1.165) is 21.1 Å². The van der Waals surface area contributed by atoms with Gasteiger partial charge in [0.25, 0.3) is 5.91 Å². The highest BCUT2D eigenvalue weighted by atomic mass is 79.9. The molecule has 4 rings (SSSR count). The molecule has 30 heavy (non-hydrogen) atoms. The number of phenols is 1. The molecule has 3 aromatic carbocycles. The number of nitrogens with one attached hydrogen (secondary N) is 2. The van der Waals surface area contributed by atoms with E-state index in [9.17, 15) is 9.90 Å². The van der Waals surface area contributed by atoms with Crippen LogP contribution in [0.2, 0.25) is 0 Å². The number of carbonyl (C=O) groups is 1. The van der Waals surface area contributed by atoms with Crippen LogP contribution in [-0.2, 0) is 0 Å². The summed E-state index contributed by atoms with van der Waals surface area (Å²) in [5, 5.41) is 17.8. The molecule has 1 heterocycles. The van der Waals surface area contributed by atoms with Crippen LogP contribution < -0.4 is 16.3 Å². The summed E-state index contributed by atoms with van der Waals surface area (Å²) in [6, 6.07) is 21.6. The molecule has 3 N–H and O–H groups in total. The average Bonchev–Trinajstić information content (AvgIpc) is 2.75. The molecule has 7 heteroatoms. The Labute approximate surface area is 181 Å². The Morgan fingerprint density at radius 3 is 2.57 bits per heavy atom. The molecule has 0 saturated heterocycles. The monoisotopic (exact) mass is 463 g/mol. The second-order valence-corrected chi connectivity index (χ2v) is 7.61. The van der Waals surface area contributed by atoms with Crippen molar-refractivity contribution in [2.45, 2.75) is 6.92 Å². The van der Waals surface area contributed by atoms with Crippen LogP contribution >= 0.6 is 15.9 Å². The van der Waals surface area contributed by atoms with Crippen molar-refractivity contribution in [1.82, 2.24) is 0 Å². The van der Waals surface area contributed by atoms with E-state index in [1.54, 1.807) is 31.2 Å². The predicted molar refractivity (Wildman–Crippen MR) is 120 cm³/mol. The molecule has 0 atom stereocenters. The Balaban J connectivity index is 1.76. The number of carbonyl (C=O) groups excluding carboxylic acids is 1. The molecule has 4 aromatic rings. The number of halogens is 1. The second-order valence-electron chi connectivity index (χ2n) is 6.69. The van der Waals surface area contributed by atoms with Gasteiger partial charge in [-0.2, -0.15) is 0 Å². The molecular formula is C23H18BrN3O3. The second kappa shape index (κ2) is 8.42. The first-order chi connectivity index (χ1) is 14.5. The summed E-state index contributed by atoms with van der Waals surface area (Å²) in [4.78, 5) is 13.0. The smallest absolute Gasteiger partial charge is 0.261 e. The van der Waals surface area contributed by atoms with Crippen LogP contribution in [-0.4, -0.2) is 11.0 Å². The van der Waals surface area contributed by atoms with Crippen LogP contribution in [0.3, 0.4) is 0 Å². The standard InChI is InChI=1S/C23H18BrN3O3/c1-14-7-9-18(13-20(14)28)25-22(29)19-12-15-11-16(24)8-10-21(15)30-23(19)27-26-17-5-3-2-4-6-17/h2-13,26,28H,1H3,(H,25,29). The predicted octanol–water partition coefficient (Wildman–Crippen LogP) is 5.39. The first kappa shape index (κ1) is 19.7. The number of nitrogens with zero attached hydrogens (tertiary/aromatic N) is 1. The van der Waals surface area contributed by atoms with E-state index in [1.165, 1.54) is 6.07 Å². The summed E-state index contributed by atoms with van der Waals surface area (Å²) >= 11 is 3.44. The minimum atomic E-state index is -0.405. The summed E-state index contributed by atoms with van der Waals surface area (Å²) in [5.41, 5.74) is 5.86. The van der Waals surface area contributed by atoms with Crippen LogP contribution in [0, 0.1) is 6.92 Å². The Morgan fingerprint density at radius 2 is 1.80 bits per heavy atom. The number of aromatic hydroxyl groups is 1. The van der Waals surface area contributed by atoms with Crippen molar-refractivity contribution in [1.29, 1.82) is 0 Å². The molecule has 0 unspecified atom stereocenters. The SMILES string of the molecule is Cc1ccc(NC(=O)c2cc3cc(Br)ccc3oc2=NNc2ccccc2)cc1O. The first-order valence-electron chi connectivity index (χ1n) is 9.19. The molecule has 0 aliphatic carbocycles. The number of amides is 1. The van der Waals surface area contributed by atoms with E-state index >= 15 is 0 Å². The molecule has 0 saturated carbocycles. The van der Waals surface area contributed by atoms with Crippen molar-refractivity contribution in [2.75, 3.05) is 10.7 Å². The minimum absolute atomic E-state index is 0.107. The van der Waals surface area contributed by atoms with Crippen molar-refractivity contribution in [3.05, 3.63) is 94.0 Å². The Bertz CT molecular complexity index is 1300. The maximum Gasteiger partial charge on any atom is 0.261 e. The number of hydrogen-bond donors (Lipinski definition) is 3. The molecule has 0 radical (unpaired) electrons. The number of hydrogen-bond acceptors (Lipinski definition) is 5. The Hall–Kier alpha value is -3.58. The highest BCUT2D eigenvalue weighted by Crippen LogP contribution is 2.22. The average molecular weight is 464 g/mol. The van der Waals surface area contributed by atoms with E-state index < -0.39 is 5.91 Å². The summed E-state index contributed by atoms with van der Waals surface area (Å²) in [5.74, 6) is -0.298. The summed E-state index contributed by atoms with van der Waals surface area (Å²) in [6.45, 7) is 1.78. The molecule has 0 aliphatic heterocycles. The number of phenolic OH excluding ortho intramolecular Hbond substituents is 1. The van der Waals surface area contributed by atoms with Gasteiger partial charge in [0.1, 0.15) is 16.9 Å². The zero-order valence-electron chi connectivity index (χ0n) is 16.0. The number of aryl methyl sites for hydroxylation is 1. The lowest BCUT2D eigenvalue weighted by Gasteiger charge is -2.09. The third-order valence-electron chi connectivity index (χ3n) is 4.48. The van der Waals surface area contributed by atoms with Crippen molar-refractivity contribution in [3.63, 3.8) is 0 Å². The van der Waals surface area contributed by atoms with E-state index in [0.29, 0.717) is 11.3 Å². The van der Waals surface area contributed by atoms with E-state index in [4.69, 9.17) is 4.42 Å². The molecule has 0 spiro atoms. The van der Waals surface area contributed by atoms with Gasteiger partial charge in [-0.1, -0.05) is 40.2 Å². The topological polar surface area (TPSA) is 86.9 Å². The van der Waals surface area contributed by atoms with Gasteiger partial charge < -0.3 is 14.8 Å². The number of rotatable bonds is 4. The highest BCUT2D eigenvalue weighted by molar-refractivity contribution is 9.10. The van der Waals surface area contributed by atoms with Gasteiger partial charge in [0.05, 0.1) is 5.69 Å². The normalized spacial score (nSPS) is 11.5. The third-order valence-corrected chi connectivity index (χ3v) is 4.97. The molecule has 0 aliphatic rings. The number of benzene rings is 3. The molecule has 0 bridgehead atoms. The van der Waals surface area contributed by atoms with Crippen molar-refractivity contribution < 1.29 is 14.3 Å². The lowest BCUT2D eigenvalue weighted by Crippen LogP contribution is -2.22. The van der Waals surface area contributed by atoms with E-state index in [-0.39, 0.29) is 16.9 Å². The van der Waals surface area contributed by atoms with Crippen molar-refractivity contribution in [3.8, 4) is 5.75 Å². The lowest BCUT2D eigenvalue weighted by atomic mass is 10.1. The Morgan fingerprint density at radius 1 is 1.00 bits per heavy atom. The first-order valence-corrected chi connectivity index (χ1v) is 9.98. The molecule has 0 fully saturated rings. The van der Waals surface area contributed by atoms with Crippen LogP contribution in [0.1, 0.15) is 15.9 Å². The molecule has 1 amide bonds. The zero-order chi connectivity index (χ0) is 21.1. The third kappa shape index (κ3) is 4.36. The van der Waals surface area contributed by atoms with Crippen LogP contribution in [0.25, 0.3) is 11.0 Å². The number of anilines is 2. The van der Waals surface area contributed by atoms with Crippen LogP contribution in [0.15, 0.2) is 86.8 Å². The largest absolute Gasteiger partial charge is 0.508 e. The molecular weight excluding hydrogens is 446 g/mol. The molecule has 6 nitrogen and oxygen atoms in total. The summed E-state index contributed by atoms with van der Waals surface area (Å²) in [6.07, 6.45) is 0.